The van der Waals surface area contributed by atoms with Gasteiger partial charge in [0.15, 0.2) is 0 Å². The van der Waals surface area contributed by atoms with Gasteiger partial charge in [-0.25, -0.2) is 9.97 Å². The van der Waals surface area contributed by atoms with Crippen LogP contribution in [0.3, 0.4) is 0 Å². The van der Waals surface area contributed by atoms with E-state index in [4.69, 9.17) is 4.98 Å². The van der Waals surface area contributed by atoms with Crippen LogP contribution in [0.15, 0.2) is 35.2 Å². The molecule has 1 N–H and O–H groups in total. The van der Waals surface area contributed by atoms with Gasteiger partial charge in [0, 0.05) is 48.1 Å². The standard InChI is InChI=1S/C18H22BrN5/c19-15-8-13(9-20-10-15)11-24-7-1-2-16(12-24)22-17-5-6-21-18(23-17)14-3-4-14/h5-6,8-10,14,16H,1-4,7,11-12H2,(H,21,22,23). The fourth-order valence-corrected chi connectivity index (χ4v) is 3.73. The van der Waals surface area contributed by atoms with Gasteiger partial charge in [0.2, 0.25) is 0 Å². The van der Waals surface area contributed by atoms with E-state index in [2.05, 4.69) is 42.2 Å². The van der Waals surface area contributed by atoms with Crippen LogP contribution in [0.2, 0.25) is 0 Å². The summed E-state index contributed by atoms with van der Waals surface area (Å²) in [5.41, 5.74) is 1.25. The summed E-state index contributed by atoms with van der Waals surface area (Å²) in [6, 6.07) is 4.58. The maximum atomic E-state index is 4.69. The fraction of sp³-hybridized carbons (Fsp3) is 0.500. The summed E-state index contributed by atoms with van der Waals surface area (Å²) in [5, 5.41) is 3.61. The lowest BCUT2D eigenvalue weighted by molar-refractivity contribution is 0.208. The highest BCUT2D eigenvalue weighted by Crippen LogP contribution is 2.38. The van der Waals surface area contributed by atoms with Crippen LogP contribution in [0.4, 0.5) is 5.82 Å². The van der Waals surface area contributed by atoms with Crippen LogP contribution in [-0.4, -0.2) is 39.0 Å². The molecule has 3 heterocycles. The first-order valence-electron chi connectivity index (χ1n) is 8.67. The van der Waals surface area contributed by atoms with Gasteiger partial charge in [-0.3, -0.25) is 9.88 Å². The Morgan fingerprint density at radius 1 is 1.25 bits per heavy atom. The van der Waals surface area contributed by atoms with Crippen molar-refractivity contribution in [2.24, 2.45) is 0 Å². The van der Waals surface area contributed by atoms with Crippen molar-refractivity contribution in [1.29, 1.82) is 0 Å². The van der Waals surface area contributed by atoms with Crippen LogP contribution >= 0.6 is 15.9 Å². The van der Waals surface area contributed by atoms with Crippen molar-refractivity contribution < 1.29 is 0 Å². The average molecular weight is 388 g/mol. The number of piperidine rings is 1. The van der Waals surface area contributed by atoms with Gasteiger partial charge in [0.25, 0.3) is 0 Å². The molecular formula is C18H22BrN5. The zero-order valence-corrected chi connectivity index (χ0v) is 15.2. The van der Waals surface area contributed by atoms with Crippen molar-refractivity contribution in [3.63, 3.8) is 0 Å². The number of likely N-dealkylation sites (tertiary alicyclic amines) is 1. The van der Waals surface area contributed by atoms with E-state index in [0.717, 1.165) is 35.7 Å². The molecule has 2 aromatic rings. The largest absolute Gasteiger partial charge is 0.366 e. The minimum absolute atomic E-state index is 0.445. The van der Waals surface area contributed by atoms with Crippen molar-refractivity contribution in [1.82, 2.24) is 19.9 Å². The SMILES string of the molecule is Brc1cncc(CN2CCCC(Nc3ccnc(C4CC4)n3)C2)c1. The molecule has 1 atom stereocenters. The number of nitrogens with zero attached hydrogens (tertiary/aromatic N) is 4. The normalized spacial score (nSPS) is 21.6. The number of pyridine rings is 1. The second-order valence-electron chi connectivity index (χ2n) is 6.80. The first kappa shape index (κ1) is 16.0. The van der Waals surface area contributed by atoms with Gasteiger partial charge >= 0.3 is 0 Å². The number of anilines is 1. The Kier molecular flexibility index (Phi) is 4.76. The Balaban J connectivity index is 1.37. The molecule has 0 spiro atoms. The molecule has 6 heteroatoms. The predicted molar refractivity (Wildman–Crippen MR) is 97.9 cm³/mol. The Morgan fingerprint density at radius 3 is 3.00 bits per heavy atom. The Labute approximate surface area is 151 Å². The molecule has 1 saturated carbocycles. The van der Waals surface area contributed by atoms with Crippen LogP contribution in [0.5, 0.6) is 0 Å². The van der Waals surface area contributed by atoms with E-state index in [-0.39, 0.29) is 0 Å². The van der Waals surface area contributed by atoms with E-state index in [1.807, 2.05) is 24.7 Å². The van der Waals surface area contributed by atoms with Gasteiger partial charge < -0.3 is 5.32 Å². The van der Waals surface area contributed by atoms with Crippen LogP contribution in [0, 0.1) is 0 Å². The second kappa shape index (κ2) is 7.15. The molecule has 4 rings (SSSR count). The number of aromatic nitrogens is 3. The molecule has 5 nitrogen and oxygen atoms in total. The molecule has 1 aliphatic heterocycles. The minimum atomic E-state index is 0.445. The zero-order chi connectivity index (χ0) is 16.4. The van der Waals surface area contributed by atoms with Crippen molar-refractivity contribution in [3.8, 4) is 0 Å². The number of halogens is 1. The third-order valence-corrected chi connectivity index (χ3v) is 5.08. The minimum Gasteiger partial charge on any atom is -0.366 e. The topological polar surface area (TPSA) is 53.9 Å². The van der Waals surface area contributed by atoms with Crippen LogP contribution in [0.25, 0.3) is 0 Å². The molecule has 0 radical (unpaired) electrons. The molecule has 2 fully saturated rings. The zero-order valence-electron chi connectivity index (χ0n) is 13.7. The van der Waals surface area contributed by atoms with Crippen molar-refractivity contribution in [2.45, 2.75) is 44.2 Å². The Hall–Kier alpha value is -1.53. The van der Waals surface area contributed by atoms with Crippen LogP contribution < -0.4 is 5.32 Å². The van der Waals surface area contributed by atoms with Gasteiger partial charge in [0.1, 0.15) is 11.6 Å². The maximum Gasteiger partial charge on any atom is 0.133 e. The highest BCUT2D eigenvalue weighted by molar-refractivity contribution is 9.10. The first-order chi connectivity index (χ1) is 11.8. The monoisotopic (exact) mass is 387 g/mol. The van der Waals surface area contributed by atoms with E-state index >= 15 is 0 Å². The summed E-state index contributed by atoms with van der Waals surface area (Å²) in [6.45, 7) is 3.12. The Morgan fingerprint density at radius 2 is 2.17 bits per heavy atom. The number of hydrogen-bond acceptors (Lipinski definition) is 5. The molecule has 2 aromatic heterocycles. The maximum absolute atomic E-state index is 4.69. The van der Waals surface area contributed by atoms with Gasteiger partial charge in [-0.1, -0.05) is 0 Å². The van der Waals surface area contributed by atoms with Crippen LogP contribution in [0.1, 0.15) is 43.0 Å². The highest BCUT2D eigenvalue weighted by atomic mass is 79.9. The molecule has 1 aliphatic carbocycles. The average Bonchev–Trinajstić information content (AvgIpc) is 3.40. The molecular weight excluding hydrogens is 366 g/mol. The van der Waals surface area contributed by atoms with E-state index in [9.17, 15) is 0 Å². The molecule has 2 aliphatic rings. The molecule has 1 saturated heterocycles. The molecule has 0 bridgehead atoms. The molecule has 0 aromatic carbocycles. The summed E-state index contributed by atoms with van der Waals surface area (Å²) in [5.74, 6) is 2.58. The smallest absolute Gasteiger partial charge is 0.133 e. The third kappa shape index (κ3) is 4.11. The quantitative estimate of drug-likeness (QED) is 0.849. The highest BCUT2D eigenvalue weighted by Gasteiger charge is 2.27. The summed E-state index contributed by atoms with van der Waals surface area (Å²) in [6.07, 6.45) is 10.5. The number of rotatable bonds is 5. The summed E-state index contributed by atoms with van der Waals surface area (Å²) in [4.78, 5) is 15.8. The van der Waals surface area contributed by atoms with E-state index < -0.39 is 0 Å². The third-order valence-electron chi connectivity index (χ3n) is 4.64. The molecule has 1 unspecified atom stereocenters. The number of nitrogens with one attached hydrogen (secondary N) is 1. The lowest BCUT2D eigenvalue weighted by Gasteiger charge is -2.33. The van der Waals surface area contributed by atoms with Gasteiger partial charge in [-0.2, -0.15) is 0 Å². The van der Waals surface area contributed by atoms with Crippen molar-refractivity contribution in [2.75, 3.05) is 18.4 Å². The number of hydrogen-bond donors (Lipinski definition) is 1. The summed E-state index contributed by atoms with van der Waals surface area (Å²) in [7, 11) is 0. The van der Waals surface area contributed by atoms with E-state index in [1.54, 1.807) is 0 Å². The van der Waals surface area contributed by atoms with Crippen molar-refractivity contribution >= 4 is 21.7 Å². The van der Waals surface area contributed by atoms with E-state index in [0.29, 0.717) is 12.0 Å². The summed E-state index contributed by atoms with van der Waals surface area (Å²) < 4.78 is 1.04. The summed E-state index contributed by atoms with van der Waals surface area (Å²) >= 11 is 3.50. The predicted octanol–water partition coefficient (Wildman–Crippen LogP) is 3.59. The Bertz CT molecular complexity index is 703. The van der Waals surface area contributed by atoms with Gasteiger partial charge in [0.05, 0.1) is 0 Å². The molecule has 126 valence electrons. The van der Waals surface area contributed by atoms with Gasteiger partial charge in [-0.05, 0) is 65.9 Å². The lowest BCUT2D eigenvalue weighted by atomic mass is 10.1. The van der Waals surface area contributed by atoms with E-state index in [1.165, 1.54) is 31.2 Å². The second-order valence-corrected chi connectivity index (χ2v) is 7.72. The first-order valence-corrected chi connectivity index (χ1v) is 9.47. The van der Waals surface area contributed by atoms with Crippen molar-refractivity contribution in [3.05, 3.63) is 46.6 Å². The molecule has 24 heavy (non-hydrogen) atoms. The lowest BCUT2D eigenvalue weighted by Crippen LogP contribution is -2.41. The van der Waals surface area contributed by atoms with Gasteiger partial charge in [-0.15, -0.1) is 0 Å². The van der Waals surface area contributed by atoms with Crippen LogP contribution in [-0.2, 0) is 6.54 Å². The fourth-order valence-electron chi connectivity index (χ4n) is 3.32. The molecule has 0 amide bonds.